The van der Waals surface area contributed by atoms with Gasteiger partial charge in [0, 0.05) is 23.9 Å². The third-order valence-electron chi connectivity index (χ3n) is 4.38. The number of aromatic nitrogens is 2. The van der Waals surface area contributed by atoms with Crippen molar-refractivity contribution in [2.24, 2.45) is 5.92 Å². The molecule has 1 N–H and O–H groups in total. The van der Waals surface area contributed by atoms with E-state index in [1.165, 1.54) is 15.6 Å². The molecule has 2 aromatic heterocycles. The number of carbonyl (C=O) groups is 1. The van der Waals surface area contributed by atoms with Crippen LogP contribution >= 0.6 is 11.3 Å². The van der Waals surface area contributed by atoms with Gasteiger partial charge in [-0.3, -0.25) is 4.79 Å². The van der Waals surface area contributed by atoms with Crippen LogP contribution in [-0.2, 0) is 14.8 Å². The van der Waals surface area contributed by atoms with Crippen LogP contribution in [0.25, 0.3) is 10.7 Å². The molecule has 142 valence electrons. The maximum atomic E-state index is 13.0. The minimum absolute atomic E-state index is 0.00198. The molecule has 0 amide bonds. The summed E-state index contributed by atoms with van der Waals surface area (Å²) in [6, 6.07) is 1.55. The van der Waals surface area contributed by atoms with Gasteiger partial charge in [0.2, 0.25) is 21.7 Å². The van der Waals surface area contributed by atoms with E-state index in [1.54, 1.807) is 13.0 Å². The van der Waals surface area contributed by atoms with E-state index >= 15 is 0 Å². The Kier molecular flexibility index (Phi) is 5.18. The highest BCUT2D eigenvalue weighted by molar-refractivity contribution is 7.89. The van der Waals surface area contributed by atoms with Gasteiger partial charge < -0.3 is 9.63 Å². The maximum absolute atomic E-state index is 13.0. The number of aryl methyl sites for hydroxylation is 1. The van der Waals surface area contributed by atoms with Gasteiger partial charge in [0.15, 0.2) is 0 Å². The van der Waals surface area contributed by atoms with Crippen LogP contribution in [0.5, 0.6) is 0 Å². The lowest BCUT2D eigenvalue weighted by Crippen LogP contribution is -2.42. The molecule has 0 radical (unpaired) electrons. The van der Waals surface area contributed by atoms with Gasteiger partial charge in [-0.25, -0.2) is 8.42 Å². The number of carboxylic acids is 1. The van der Waals surface area contributed by atoms with Gasteiger partial charge in [-0.2, -0.15) is 9.29 Å². The van der Waals surface area contributed by atoms with E-state index in [0.29, 0.717) is 40.9 Å². The number of hydrogen-bond donors (Lipinski definition) is 1. The SMILES string of the molecule is Cc1sc(-c2noc(C(C)C)n2)cc1S(=O)(=O)N1CCC[C@H](C(=O)O)C1. The average molecular weight is 399 g/mol. The first-order valence-corrected chi connectivity index (χ1v) is 10.6. The van der Waals surface area contributed by atoms with Crippen molar-refractivity contribution in [3.8, 4) is 10.7 Å². The van der Waals surface area contributed by atoms with Crippen LogP contribution in [0, 0.1) is 12.8 Å². The van der Waals surface area contributed by atoms with Crippen molar-refractivity contribution in [2.75, 3.05) is 13.1 Å². The van der Waals surface area contributed by atoms with E-state index in [2.05, 4.69) is 10.1 Å². The number of piperidine rings is 1. The lowest BCUT2D eigenvalue weighted by atomic mass is 10.0. The summed E-state index contributed by atoms with van der Waals surface area (Å²) in [6.07, 6.45) is 1.03. The van der Waals surface area contributed by atoms with Crippen LogP contribution < -0.4 is 0 Å². The summed E-state index contributed by atoms with van der Waals surface area (Å²) in [4.78, 5) is 17.0. The van der Waals surface area contributed by atoms with E-state index in [9.17, 15) is 18.3 Å². The minimum atomic E-state index is -3.76. The van der Waals surface area contributed by atoms with E-state index in [-0.39, 0.29) is 17.4 Å². The van der Waals surface area contributed by atoms with Crippen LogP contribution in [0.15, 0.2) is 15.5 Å². The van der Waals surface area contributed by atoms with Crippen LogP contribution in [0.4, 0.5) is 0 Å². The number of aliphatic carboxylic acids is 1. The predicted molar refractivity (Wildman–Crippen MR) is 95.6 cm³/mol. The molecule has 10 heteroatoms. The van der Waals surface area contributed by atoms with Crippen molar-refractivity contribution in [2.45, 2.75) is 44.4 Å². The summed E-state index contributed by atoms with van der Waals surface area (Å²) in [6.45, 7) is 5.92. The molecule has 3 heterocycles. The highest BCUT2D eigenvalue weighted by Gasteiger charge is 2.35. The van der Waals surface area contributed by atoms with Gasteiger partial charge in [0.25, 0.3) is 0 Å². The average Bonchev–Trinajstić information content (AvgIpc) is 3.22. The Morgan fingerprint density at radius 2 is 2.19 bits per heavy atom. The second kappa shape index (κ2) is 7.09. The first-order chi connectivity index (χ1) is 12.2. The molecule has 0 aliphatic carbocycles. The Morgan fingerprint density at radius 1 is 1.46 bits per heavy atom. The Bertz CT molecular complexity index is 916. The zero-order chi connectivity index (χ0) is 19.1. The smallest absolute Gasteiger partial charge is 0.307 e. The van der Waals surface area contributed by atoms with Gasteiger partial charge in [0.1, 0.15) is 0 Å². The summed E-state index contributed by atoms with van der Waals surface area (Å²) >= 11 is 1.28. The van der Waals surface area contributed by atoms with Crippen LogP contribution in [-0.4, -0.2) is 47.0 Å². The second-order valence-corrected chi connectivity index (χ2v) is 9.85. The van der Waals surface area contributed by atoms with Crippen molar-refractivity contribution in [3.05, 3.63) is 16.8 Å². The molecular weight excluding hydrogens is 378 g/mol. The first-order valence-electron chi connectivity index (χ1n) is 8.37. The lowest BCUT2D eigenvalue weighted by molar-refractivity contribution is -0.142. The van der Waals surface area contributed by atoms with E-state index in [4.69, 9.17) is 4.52 Å². The van der Waals surface area contributed by atoms with Gasteiger partial charge in [-0.05, 0) is 25.8 Å². The van der Waals surface area contributed by atoms with Crippen molar-refractivity contribution < 1.29 is 22.8 Å². The molecule has 0 spiro atoms. The molecule has 3 rings (SSSR count). The summed E-state index contributed by atoms with van der Waals surface area (Å²) in [5.41, 5.74) is 0. The molecule has 26 heavy (non-hydrogen) atoms. The summed E-state index contributed by atoms with van der Waals surface area (Å²) in [7, 11) is -3.76. The molecule has 0 bridgehead atoms. The third-order valence-corrected chi connectivity index (χ3v) is 7.55. The number of carboxylic acid groups (broad SMARTS) is 1. The first kappa shape index (κ1) is 19.0. The molecule has 0 saturated carbocycles. The van der Waals surface area contributed by atoms with Crippen LogP contribution in [0.2, 0.25) is 0 Å². The Labute approximate surface area is 155 Å². The number of thiophene rings is 1. The van der Waals surface area contributed by atoms with Gasteiger partial charge in [-0.15, -0.1) is 11.3 Å². The van der Waals surface area contributed by atoms with Gasteiger partial charge in [0.05, 0.1) is 15.7 Å². The quantitative estimate of drug-likeness (QED) is 0.822. The summed E-state index contributed by atoms with van der Waals surface area (Å²) < 4.78 is 32.5. The largest absolute Gasteiger partial charge is 0.481 e. The molecule has 1 saturated heterocycles. The predicted octanol–water partition coefficient (Wildman–Crippen LogP) is 2.72. The molecule has 0 aromatic carbocycles. The number of hydrogen-bond acceptors (Lipinski definition) is 7. The Hall–Kier alpha value is -1.78. The van der Waals surface area contributed by atoms with Gasteiger partial charge in [-0.1, -0.05) is 19.0 Å². The zero-order valence-corrected chi connectivity index (χ0v) is 16.4. The lowest BCUT2D eigenvalue weighted by Gasteiger charge is -2.29. The molecule has 8 nitrogen and oxygen atoms in total. The maximum Gasteiger partial charge on any atom is 0.307 e. The fourth-order valence-corrected chi connectivity index (χ4v) is 5.91. The summed E-state index contributed by atoms with van der Waals surface area (Å²) in [5.74, 6) is -0.675. The van der Waals surface area contributed by atoms with Gasteiger partial charge >= 0.3 is 5.97 Å². The molecule has 1 atom stereocenters. The highest BCUT2D eigenvalue weighted by atomic mass is 32.2. The van der Waals surface area contributed by atoms with Crippen molar-refractivity contribution >= 4 is 27.3 Å². The van der Waals surface area contributed by atoms with Crippen molar-refractivity contribution in [1.82, 2.24) is 14.4 Å². The molecule has 0 unspecified atom stereocenters. The molecule has 1 fully saturated rings. The fourth-order valence-electron chi connectivity index (χ4n) is 2.90. The van der Waals surface area contributed by atoms with Crippen LogP contribution in [0.1, 0.15) is 43.4 Å². The molecule has 1 aliphatic heterocycles. The molecule has 2 aromatic rings. The number of rotatable bonds is 5. The Balaban J connectivity index is 1.91. The summed E-state index contributed by atoms with van der Waals surface area (Å²) in [5, 5.41) is 13.1. The normalized spacial score (nSPS) is 19.2. The van der Waals surface area contributed by atoms with Crippen molar-refractivity contribution in [3.63, 3.8) is 0 Å². The fraction of sp³-hybridized carbons (Fsp3) is 0.562. The minimum Gasteiger partial charge on any atom is -0.481 e. The number of nitrogens with zero attached hydrogens (tertiary/aromatic N) is 3. The topological polar surface area (TPSA) is 114 Å². The highest BCUT2D eigenvalue weighted by Crippen LogP contribution is 2.35. The molecular formula is C16H21N3O5S2. The Morgan fingerprint density at radius 3 is 2.81 bits per heavy atom. The van der Waals surface area contributed by atoms with Crippen LogP contribution in [0.3, 0.4) is 0 Å². The van der Waals surface area contributed by atoms with Crippen molar-refractivity contribution in [1.29, 1.82) is 0 Å². The second-order valence-electron chi connectivity index (χ2n) is 6.68. The standard InChI is InChI=1S/C16H21N3O5S2/c1-9(2)15-17-14(18-24-15)12-7-13(10(3)25-12)26(22,23)19-6-4-5-11(8-19)16(20)21/h7,9,11H,4-6,8H2,1-3H3,(H,20,21)/t11-/m0/s1. The third kappa shape index (κ3) is 3.53. The molecule has 1 aliphatic rings. The van der Waals surface area contributed by atoms with E-state index in [1.807, 2.05) is 13.8 Å². The van der Waals surface area contributed by atoms with E-state index < -0.39 is 21.9 Å². The number of sulfonamides is 1. The van der Waals surface area contributed by atoms with E-state index in [0.717, 1.165) is 0 Å². The monoisotopic (exact) mass is 399 g/mol. The zero-order valence-electron chi connectivity index (χ0n) is 14.8.